The number of aryl methyl sites for hydroxylation is 1. The Morgan fingerprint density at radius 1 is 1.31 bits per heavy atom. The molecule has 5 heteroatoms. The van der Waals surface area contributed by atoms with Gasteiger partial charge >= 0.3 is 7.60 Å². The second-order valence-electron chi connectivity index (χ2n) is 2.88. The lowest BCUT2D eigenvalue weighted by Crippen LogP contribution is -2.11. The molecular weight excluding hydrogens is 194 g/mol. The Morgan fingerprint density at radius 3 is 2.31 bits per heavy atom. The fourth-order valence-electron chi connectivity index (χ4n) is 0.992. The van der Waals surface area contributed by atoms with Crippen molar-refractivity contribution in [2.45, 2.75) is 13.8 Å². The van der Waals surface area contributed by atoms with Gasteiger partial charge in [0, 0.05) is 0 Å². The van der Waals surface area contributed by atoms with E-state index in [1.807, 2.05) is 0 Å². The van der Waals surface area contributed by atoms with Crippen LogP contribution in [0.1, 0.15) is 11.1 Å². The van der Waals surface area contributed by atoms with Crippen LogP contribution in [0, 0.1) is 19.7 Å². The average molecular weight is 204 g/mol. The van der Waals surface area contributed by atoms with Gasteiger partial charge in [-0.05, 0) is 31.0 Å². The molecule has 0 aliphatic rings. The van der Waals surface area contributed by atoms with Crippen LogP contribution in [-0.4, -0.2) is 9.79 Å². The first-order valence-corrected chi connectivity index (χ1v) is 5.27. The molecule has 1 aromatic carbocycles. The minimum absolute atomic E-state index is 0.279. The van der Waals surface area contributed by atoms with Crippen LogP contribution in [0.2, 0.25) is 0 Å². The molecule has 0 aromatic heterocycles. The minimum atomic E-state index is -4.48. The Balaban J connectivity index is 3.44. The third kappa shape index (κ3) is 1.97. The van der Waals surface area contributed by atoms with E-state index in [4.69, 9.17) is 9.79 Å². The molecule has 0 heterocycles. The van der Waals surface area contributed by atoms with Crippen LogP contribution in [0.15, 0.2) is 12.1 Å². The quantitative estimate of drug-likeness (QED) is 0.677. The van der Waals surface area contributed by atoms with Gasteiger partial charge in [-0.25, -0.2) is 4.39 Å². The smallest absolute Gasteiger partial charge is 0.321 e. The molecule has 0 aliphatic heterocycles. The summed E-state index contributed by atoms with van der Waals surface area (Å²) in [4.78, 5) is 17.5. The summed E-state index contributed by atoms with van der Waals surface area (Å²) in [7, 11) is -4.48. The summed E-state index contributed by atoms with van der Waals surface area (Å²) in [5, 5.41) is -0.532. The number of hydrogen-bond donors (Lipinski definition) is 2. The van der Waals surface area contributed by atoms with Crippen molar-refractivity contribution in [1.82, 2.24) is 0 Å². The molecule has 0 aliphatic carbocycles. The van der Waals surface area contributed by atoms with Crippen LogP contribution in [0.25, 0.3) is 0 Å². The van der Waals surface area contributed by atoms with Crippen LogP contribution < -0.4 is 5.30 Å². The van der Waals surface area contributed by atoms with E-state index in [0.29, 0.717) is 5.56 Å². The maximum absolute atomic E-state index is 13.3. The first kappa shape index (κ1) is 10.4. The number of benzene rings is 1. The Hall–Kier alpha value is -0.700. The molecule has 0 radical (unpaired) electrons. The van der Waals surface area contributed by atoms with Crippen molar-refractivity contribution in [3.05, 3.63) is 29.1 Å². The average Bonchev–Trinajstić information content (AvgIpc) is 1.98. The molecule has 0 saturated carbocycles. The second-order valence-corrected chi connectivity index (χ2v) is 4.45. The van der Waals surface area contributed by atoms with Crippen molar-refractivity contribution >= 4 is 12.9 Å². The summed E-state index contributed by atoms with van der Waals surface area (Å²) in [6.07, 6.45) is 0. The lowest BCUT2D eigenvalue weighted by Gasteiger charge is -2.08. The largest absolute Gasteiger partial charge is 0.359 e. The lowest BCUT2D eigenvalue weighted by molar-refractivity contribution is 0.385. The third-order valence-electron chi connectivity index (χ3n) is 1.95. The zero-order valence-electron chi connectivity index (χ0n) is 7.28. The van der Waals surface area contributed by atoms with Crippen LogP contribution in [-0.2, 0) is 4.57 Å². The second kappa shape index (κ2) is 3.22. The lowest BCUT2D eigenvalue weighted by atomic mass is 10.1. The highest BCUT2D eigenvalue weighted by molar-refractivity contribution is 7.60. The Morgan fingerprint density at radius 2 is 1.85 bits per heavy atom. The highest BCUT2D eigenvalue weighted by Crippen LogP contribution is 2.35. The van der Waals surface area contributed by atoms with Crippen LogP contribution in [0.3, 0.4) is 0 Å². The molecule has 0 unspecified atom stereocenters. The van der Waals surface area contributed by atoms with Crippen molar-refractivity contribution in [1.29, 1.82) is 0 Å². The van der Waals surface area contributed by atoms with E-state index in [2.05, 4.69) is 0 Å². The topological polar surface area (TPSA) is 57.5 Å². The van der Waals surface area contributed by atoms with Crippen molar-refractivity contribution in [2.75, 3.05) is 0 Å². The molecule has 13 heavy (non-hydrogen) atoms. The summed E-state index contributed by atoms with van der Waals surface area (Å²) in [6.45, 7) is 3.17. The molecule has 72 valence electrons. The van der Waals surface area contributed by atoms with Gasteiger partial charge in [0.2, 0.25) is 0 Å². The van der Waals surface area contributed by atoms with Gasteiger partial charge in [-0.2, -0.15) is 0 Å². The fraction of sp³-hybridized carbons (Fsp3) is 0.250. The van der Waals surface area contributed by atoms with E-state index in [1.54, 1.807) is 6.92 Å². The molecule has 0 amide bonds. The zero-order chi connectivity index (χ0) is 10.2. The van der Waals surface area contributed by atoms with Crippen LogP contribution in [0.4, 0.5) is 4.39 Å². The van der Waals surface area contributed by atoms with Crippen molar-refractivity contribution in [2.24, 2.45) is 0 Å². The Kier molecular flexibility index (Phi) is 2.57. The maximum atomic E-state index is 13.3. The first-order valence-electron chi connectivity index (χ1n) is 3.66. The normalized spacial score (nSPS) is 11.8. The van der Waals surface area contributed by atoms with Gasteiger partial charge in [0.1, 0.15) is 5.82 Å². The molecular formula is C8H10FO3P. The molecule has 0 fully saturated rings. The Bertz CT molecular complexity index is 383. The van der Waals surface area contributed by atoms with E-state index in [0.717, 1.165) is 6.07 Å². The van der Waals surface area contributed by atoms with Gasteiger partial charge in [0.25, 0.3) is 0 Å². The molecule has 1 aromatic rings. The predicted octanol–water partition coefficient (Wildman–Crippen LogP) is 1.25. The van der Waals surface area contributed by atoms with Gasteiger partial charge in [0.15, 0.2) is 0 Å². The zero-order valence-corrected chi connectivity index (χ0v) is 8.18. The maximum Gasteiger partial charge on any atom is 0.359 e. The van der Waals surface area contributed by atoms with Crippen molar-refractivity contribution in [3.63, 3.8) is 0 Å². The Labute approximate surface area is 75.4 Å². The molecule has 0 atom stereocenters. The summed E-state index contributed by atoms with van der Waals surface area (Å²) >= 11 is 0. The van der Waals surface area contributed by atoms with Crippen LogP contribution in [0.5, 0.6) is 0 Å². The van der Waals surface area contributed by atoms with E-state index in [1.165, 1.54) is 13.0 Å². The van der Waals surface area contributed by atoms with Gasteiger partial charge in [-0.1, -0.05) is 6.07 Å². The van der Waals surface area contributed by atoms with Gasteiger partial charge in [0.05, 0.1) is 5.30 Å². The first-order chi connectivity index (χ1) is 5.84. The van der Waals surface area contributed by atoms with E-state index in [9.17, 15) is 8.96 Å². The van der Waals surface area contributed by atoms with Gasteiger partial charge < -0.3 is 9.79 Å². The van der Waals surface area contributed by atoms with E-state index in [-0.39, 0.29) is 5.56 Å². The van der Waals surface area contributed by atoms with E-state index >= 15 is 0 Å². The highest BCUT2D eigenvalue weighted by atomic mass is 31.2. The standard InChI is InChI=1S/C8H10FO3P/c1-5-3-4-7(13(10,11)12)8(9)6(5)2/h3-4H,1-2H3,(H2,10,11,12). The number of halogens is 1. The predicted molar refractivity (Wildman–Crippen MR) is 47.6 cm³/mol. The minimum Gasteiger partial charge on any atom is -0.321 e. The summed E-state index contributed by atoms with van der Waals surface area (Å²) in [6, 6.07) is 2.62. The monoisotopic (exact) mass is 204 g/mol. The number of rotatable bonds is 1. The summed E-state index contributed by atoms with van der Waals surface area (Å²) in [5.41, 5.74) is 0.954. The molecule has 1 rings (SSSR count). The fourth-order valence-corrected chi connectivity index (χ4v) is 1.68. The molecule has 0 spiro atoms. The van der Waals surface area contributed by atoms with Crippen molar-refractivity contribution in [3.8, 4) is 0 Å². The SMILES string of the molecule is Cc1ccc(P(=O)(O)O)c(F)c1C. The van der Waals surface area contributed by atoms with Gasteiger partial charge in [-0.3, -0.25) is 4.57 Å². The van der Waals surface area contributed by atoms with Crippen molar-refractivity contribution < 1.29 is 18.7 Å². The number of hydrogen-bond acceptors (Lipinski definition) is 1. The molecule has 0 bridgehead atoms. The summed E-state index contributed by atoms with van der Waals surface area (Å²) < 4.78 is 24.0. The highest BCUT2D eigenvalue weighted by Gasteiger charge is 2.23. The van der Waals surface area contributed by atoms with Gasteiger partial charge in [-0.15, -0.1) is 0 Å². The van der Waals surface area contributed by atoms with E-state index < -0.39 is 18.7 Å². The summed E-state index contributed by atoms with van der Waals surface area (Å²) in [5.74, 6) is -0.812. The molecule has 2 N–H and O–H groups in total. The molecule has 0 saturated heterocycles. The third-order valence-corrected chi connectivity index (χ3v) is 2.92. The molecule has 3 nitrogen and oxygen atoms in total. The van der Waals surface area contributed by atoms with Crippen LogP contribution >= 0.6 is 7.60 Å².